The summed E-state index contributed by atoms with van der Waals surface area (Å²) in [7, 11) is -2.89. The van der Waals surface area contributed by atoms with Crippen LogP contribution in [0.5, 0.6) is 0 Å². The molecule has 18 heavy (non-hydrogen) atoms. The number of rotatable bonds is 3. The normalized spacial score (nSPS) is 38.6. The quantitative estimate of drug-likeness (QED) is 0.792. The summed E-state index contributed by atoms with van der Waals surface area (Å²) in [5.74, 6) is 0. The smallest absolute Gasteiger partial charge is 0.150 e. The Kier molecular flexibility index (Phi) is 3.14. The van der Waals surface area contributed by atoms with Crippen LogP contribution in [0.3, 0.4) is 0 Å². The summed E-state index contributed by atoms with van der Waals surface area (Å²) in [6.45, 7) is 10.9. The molecule has 2 fully saturated rings. The minimum atomic E-state index is -2.89. The Hall–Kier alpha value is -0.0900. The lowest BCUT2D eigenvalue weighted by Gasteiger charge is -2.37. The van der Waals surface area contributed by atoms with Gasteiger partial charge in [0, 0.05) is 23.9 Å². The lowest BCUT2D eigenvalue weighted by Crippen LogP contribution is -2.45. The minimum Gasteiger partial charge on any atom is -0.292 e. The topological polar surface area (TPSA) is 37.4 Å². The Balaban J connectivity index is 2.11. The largest absolute Gasteiger partial charge is 0.292 e. The Bertz CT molecular complexity index is 437. The SMILES string of the molecule is CC(C[C@@]12C[C@@H](C)N(C(C)(C)C)[C@@H]1C2)S(C)(=O)=O. The number of hydrogen-bond acceptors (Lipinski definition) is 3. The summed E-state index contributed by atoms with van der Waals surface area (Å²) < 4.78 is 23.3. The molecule has 2 aliphatic rings. The van der Waals surface area contributed by atoms with E-state index >= 15 is 0 Å². The molecule has 1 aliphatic heterocycles. The monoisotopic (exact) mass is 273 g/mol. The zero-order valence-corrected chi connectivity index (χ0v) is 13.3. The van der Waals surface area contributed by atoms with Crippen LogP contribution in [-0.2, 0) is 9.84 Å². The van der Waals surface area contributed by atoms with Crippen molar-refractivity contribution < 1.29 is 8.42 Å². The van der Waals surface area contributed by atoms with E-state index in [-0.39, 0.29) is 16.2 Å². The Morgan fingerprint density at radius 3 is 2.28 bits per heavy atom. The second-order valence-electron chi connectivity index (χ2n) is 7.56. The van der Waals surface area contributed by atoms with Gasteiger partial charge in [0.05, 0.1) is 5.25 Å². The second kappa shape index (κ2) is 3.95. The molecule has 2 rings (SSSR count). The van der Waals surface area contributed by atoms with Crippen LogP contribution in [0, 0.1) is 5.41 Å². The van der Waals surface area contributed by atoms with E-state index in [2.05, 4.69) is 32.6 Å². The van der Waals surface area contributed by atoms with E-state index in [0.717, 1.165) is 12.8 Å². The summed E-state index contributed by atoms with van der Waals surface area (Å²) in [5.41, 5.74) is 0.478. The summed E-state index contributed by atoms with van der Waals surface area (Å²) >= 11 is 0. The number of nitrogens with zero attached hydrogens (tertiary/aromatic N) is 1. The van der Waals surface area contributed by atoms with Gasteiger partial charge in [-0.15, -0.1) is 0 Å². The first-order chi connectivity index (χ1) is 7.97. The maximum absolute atomic E-state index is 11.6. The predicted octanol–water partition coefficient (Wildman–Crippen LogP) is 2.46. The van der Waals surface area contributed by atoms with Crippen molar-refractivity contribution in [3.63, 3.8) is 0 Å². The molecule has 1 heterocycles. The molecule has 0 N–H and O–H groups in total. The molecule has 4 heteroatoms. The lowest BCUT2D eigenvalue weighted by atomic mass is 9.94. The fourth-order valence-electron chi connectivity index (χ4n) is 4.09. The highest BCUT2D eigenvalue weighted by Crippen LogP contribution is 2.63. The molecular weight excluding hydrogens is 246 g/mol. The molecule has 0 bridgehead atoms. The molecule has 0 amide bonds. The molecule has 1 unspecified atom stereocenters. The van der Waals surface area contributed by atoms with Gasteiger partial charge < -0.3 is 0 Å². The summed E-state index contributed by atoms with van der Waals surface area (Å²) in [6.07, 6.45) is 4.56. The van der Waals surface area contributed by atoms with Gasteiger partial charge in [0.25, 0.3) is 0 Å². The molecule has 0 aromatic rings. The third-order valence-corrected chi connectivity index (χ3v) is 6.49. The van der Waals surface area contributed by atoms with E-state index in [1.54, 1.807) is 0 Å². The van der Waals surface area contributed by atoms with Crippen LogP contribution in [0.2, 0.25) is 0 Å². The molecule has 3 nitrogen and oxygen atoms in total. The molecule has 0 aromatic carbocycles. The van der Waals surface area contributed by atoms with Crippen LogP contribution in [0.4, 0.5) is 0 Å². The van der Waals surface area contributed by atoms with Crippen molar-refractivity contribution in [3.05, 3.63) is 0 Å². The number of hydrogen-bond donors (Lipinski definition) is 0. The standard InChI is InChI=1S/C14H27NO2S/c1-10-7-14(8-11(2)18(6,16)17)9-12(14)15(10)13(3,4)5/h10-12H,7-9H2,1-6H3/t10-,11?,12-,14-/m1/s1. The Morgan fingerprint density at radius 1 is 1.33 bits per heavy atom. The van der Waals surface area contributed by atoms with Gasteiger partial charge in [0.1, 0.15) is 9.84 Å². The van der Waals surface area contributed by atoms with Gasteiger partial charge in [-0.2, -0.15) is 0 Å². The highest BCUT2D eigenvalue weighted by molar-refractivity contribution is 7.91. The van der Waals surface area contributed by atoms with E-state index in [1.165, 1.54) is 12.7 Å². The average molecular weight is 273 g/mol. The fraction of sp³-hybridized carbons (Fsp3) is 1.00. The van der Waals surface area contributed by atoms with Crippen LogP contribution in [0.25, 0.3) is 0 Å². The third-order valence-electron chi connectivity index (χ3n) is 4.86. The summed E-state index contributed by atoms with van der Waals surface area (Å²) in [4.78, 5) is 2.60. The molecule has 1 saturated heterocycles. The van der Waals surface area contributed by atoms with Crippen molar-refractivity contribution in [1.29, 1.82) is 0 Å². The zero-order chi connectivity index (χ0) is 13.9. The molecule has 0 aromatic heterocycles. The highest BCUT2D eigenvalue weighted by atomic mass is 32.2. The number of piperidine rings is 1. The first-order valence-corrected chi connectivity index (χ1v) is 8.90. The van der Waals surface area contributed by atoms with Crippen LogP contribution in [-0.4, -0.2) is 42.4 Å². The first-order valence-electron chi connectivity index (χ1n) is 6.95. The minimum absolute atomic E-state index is 0.191. The van der Waals surface area contributed by atoms with E-state index in [9.17, 15) is 8.42 Å². The molecule has 0 radical (unpaired) electrons. The molecule has 4 atom stereocenters. The van der Waals surface area contributed by atoms with Gasteiger partial charge in [0.2, 0.25) is 0 Å². The summed E-state index contributed by atoms with van der Waals surface area (Å²) in [5, 5.41) is -0.199. The van der Waals surface area contributed by atoms with Crippen LogP contribution >= 0.6 is 0 Å². The van der Waals surface area contributed by atoms with Crippen LogP contribution in [0.1, 0.15) is 53.9 Å². The van der Waals surface area contributed by atoms with Gasteiger partial charge >= 0.3 is 0 Å². The number of sulfone groups is 1. The number of fused-ring (bicyclic) bond motifs is 1. The van der Waals surface area contributed by atoms with Crippen molar-refractivity contribution in [3.8, 4) is 0 Å². The first kappa shape index (κ1) is 14.3. The molecule has 106 valence electrons. The van der Waals surface area contributed by atoms with Gasteiger partial charge in [0.15, 0.2) is 0 Å². The Labute approximate surface area is 112 Å². The van der Waals surface area contributed by atoms with Crippen molar-refractivity contribution in [2.24, 2.45) is 5.41 Å². The molecule has 0 spiro atoms. The van der Waals surface area contributed by atoms with Crippen LogP contribution in [0.15, 0.2) is 0 Å². The lowest BCUT2D eigenvalue weighted by molar-refractivity contribution is 0.104. The van der Waals surface area contributed by atoms with Gasteiger partial charge in [-0.05, 0) is 59.3 Å². The van der Waals surface area contributed by atoms with Gasteiger partial charge in [-0.25, -0.2) is 8.42 Å². The van der Waals surface area contributed by atoms with Gasteiger partial charge in [-0.1, -0.05) is 0 Å². The zero-order valence-electron chi connectivity index (χ0n) is 12.5. The second-order valence-corrected chi connectivity index (χ2v) is 10.0. The maximum atomic E-state index is 11.6. The molecular formula is C14H27NO2S. The van der Waals surface area contributed by atoms with Crippen molar-refractivity contribution in [2.45, 2.75) is 76.8 Å². The fourth-order valence-corrected chi connectivity index (χ4v) is 4.72. The van der Waals surface area contributed by atoms with E-state index in [0.29, 0.717) is 12.1 Å². The molecule has 1 aliphatic carbocycles. The maximum Gasteiger partial charge on any atom is 0.150 e. The van der Waals surface area contributed by atoms with E-state index in [1.807, 2.05) is 6.92 Å². The van der Waals surface area contributed by atoms with Crippen molar-refractivity contribution in [1.82, 2.24) is 4.90 Å². The van der Waals surface area contributed by atoms with Crippen LogP contribution < -0.4 is 0 Å². The van der Waals surface area contributed by atoms with E-state index < -0.39 is 9.84 Å². The van der Waals surface area contributed by atoms with Crippen molar-refractivity contribution >= 4 is 9.84 Å². The predicted molar refractivity (Wildman–Crippen MR) is 75.4 cm³/mol. The van der Waals surface area contributed by atoms with E-state index in [4.69, 9.17) is 0 Å². The van der Waals surface area contributed by atoms with Gasteiger partial charge in [-0.3, -0.25) is 4.90 Å². The average Bonchev–Trinajstić information content (AvgIpc) is 2.66. The summed E-state index contributed by atoms with van der Waals surface area (Å²) in [6, 6.07) is 1.19. The van der Waals surface area contributed by atoms with Crippen molar-refractivity contribution in [2.75, 3.05) is 6.26 Å². The molecule has 1 saturated carbocycles. The third kappa shape index (κ3) is 2.34. The Morgan fingerprint density at radius 2 is 1.89 bits per heavy atom. The highest BCUT2D eigenvalue weighted by Gasteiger charge is 2.65. The number of likely N-dealkylation sites (tertiary alicyclic amines) is 1.